The Bertz CT molecular complexity index is 517. The highest BCUT2D eigenvalue weighted by molar-refractivity contribution is 7.80. The minimum atomic E-state index is -0.185. The molecule has 1 saturated carbocycles. The Labute approximate surface area is 125 Å². The number of halogens is 1. The molecule has 0 amide bonds. The van der Waals surface area contributed by atoms with Gasteiger partial charge in [0.1, 0.15) is 10.8 Å². The molecule has 2 unspecified atom stereocenters. The van der Waals surface area contributed by atoms with Crippen LogP contribution in [-0.2, 0) is 6.54 Å². The van der Waals surface area contributed by atoms with Crippen molar-refractivity contribution in [1.29, 1.82) is 0 Å². The third-order valence-corrected chi connectivity index (χ3v) is 5.05. The lowest BCUT2D eigenvalue weighted by Gasteiger charge is -2.37. The highest BCUT2D eigenvalue weighted by Gasteiger charge is 2.34. The van der Waals surface area contributed by atoms with Gasteiger partial charge < -0.3 is 5.73 Å². The van der Waals surface area contributed by atoms with Crippen LogP contribution in [0.3, 0.4) is 0 Å². The second-order valence-corrected chi connectivity index (χ2v) is 6.48. The summed E-state index contributed by atoms with van der Waals surface area (Å²) in [7, 11) is 0. The molecule has 1 saturated heterocycles. The number of likely N-dealkylation sites (tertiary alicyclic amines) is 1. The number of nitrogens with zero attached hydrogens (tertiary/aromatic N) is 1. The van der Waals surface area contributed by atoms with Crippen LogP contribution < -0.4 is 5.73 Å². The Morgan fingerprint density at radius 1 is 1.30 bits per heavy atom. The van der Waals surface area contributed by atoms with Gasteiger partial charge in [0.15, 0.2) is 0 Å². The predicted molar refractivity (Wildman–Crippen MR) is 83.1 cm³/mol. The van der Waals surface area contributed by atoms with Gasteiger partial charge in [0, 0.05) is 23.7 Å². The Balaban J connectivity index is 1.75. The molecule has 1 aliphatic carbocycles. The maximum atomic E-state index is 14.2. The molecular formula is C16H21FN2S. The average Bonchev–Trinajstić information content (AvgIpc) is 2.90. The standard InChI is InChI=1S/C16H21FN2S/c17-14-9-12(16(18)20)6-7-13(14)10-19-8-2-4-11-3-1-5-15(11)19/h6-7,9,11,15H,1-5,8,10H2,(H2,18,20). The number of nitrogens with two attached hydrogens (primary N) is 1. The van der Waals surface area contributed by atoms with Gasteiger partial charge in [-0.25, -0.2) is 4.39 Å². The van der Waals surface area contributed by atoms with E-state index in [0.717, 1.165) is 18.0 Å². The van der Waals surface area contributed by atoms with Crippen LogP contribution in [0.2, 0.25) is 0 Å². The fraction of sp³-hybridized carbons (Fsp3) is 0.562. The molecule has 0 radical (unpaired) electrons. The molecule has 0 aromatic heterocycles. The second kappa shape index (κ2) is 5.78. The normalized spacial score (nSPS) is 26.4. The van der Waals surface area contributed by atoms with Crippen molar-refractivity contribution in [2.45, 2.75) is 44.7 Å². The van der Waals surface area contributed by atoms with Crippen LogP contribution in [0.25, 0.3) is 0 Å². The number of piperidine rings is 1. The van der Waals surface area contributed by atoms with Crippen LogP contribution in [0, 0.1) is 11.7 Å². The van der Waals surface area contributed by atoms with E-state index in [2.05, 4.69) is 4.90 Å². The number of benzene rings is 1. The molecule has 1 aliphatic heterocycles. The van der Waals surface area contributed by atoms with Crippen molar-refractivity contribution in [3.8, 4) is 0 Å². The molecule has 2 aliphatic rings. The maximum Gasteiger partial charge on any atom is 0.128 e. The summed E-state index contributed by atoms with van der Waals surface area (Å²) in [5, 5.41) is 0. The van der Waals surface area contributed by atoms with Crippen LogP contribution in [-0.4, -0.2) is 22.5 Å². The Hall–Kier alpha value is -1.00. The van der Waals surface area contributed by atoms with Gasteiger partial charge in [-0.3, -0.25) is 4.90 Å². The smallest absolute Gasteiger partial charge is 0.128 e. The third-order valence-electron chi connectivity index (χ3n) is 4.82. The zero-order valence-corrected chi connectivity index (χ0v) is 12.5. The summed E-state index contributed by atoms with van der Waals surface area (Å²) in [5.74, 6) is 0.651. The highest BCUT2D eigenvalue weighted by atomic mass is 32.1. The van der Waals surface area contributed by atoms with Crippen LogP contribution in [0.4, 0.5) is 4.39 Å². The monoisotopic (exact) mass is 292 g/mol. The topological polar surface area (TPSA) is 29.3 Å². The zero-order valence-electron chi connectivity index (χ0n) is 11.6. The van der Waals surface area contributed by atoms with Crippen LogP contribution in [0.5, 0.6) is 0 Å². The van der Waals surface area contributed by atoms with Gasteiger partial charge in [-0.05, 0) is 44.2 Å². The Morgan fingerprint density at radius 3 is 2.85 bits per heavy atom. The van der Waals surface area contributed by atoms with Gasteiger partial charge in [-0.15, -0.1) is 0 Å². The van der Waals surface area contributed by atoms with E-state index < -0.39 is 0 Å². The molecule has 20 heavy (non-hydrogen) atoms. The van der Waals surface area contributed by atoms with Gasteiger partial charge in [-0.2, -0.15) is 0 Å². The van der Waals surface area contributed by atoms with E-state index in [1.165, 1.54) is 38.2 Å². The SMILES string of the molecule is NC(=S)c1ccc(CN2CCCC3CCCC32)c(F)c1. The molecule has 2 N–H and O–H groups in total. The van der Waals surface area contributed by atoms with Gasteiger partial charge in [0.05, 0.1) is 0 Å². The van der Waals surface area contributed by atoms with Crippen molar-refractivity contribution in [3.63, 3.8) is 0 Å². The fourth-order valence-corrected chi connectivity index (χ4v) is 3.93. The van der Waals surface area contributed by atoms with Crippen LogP contribution in [0.15, 0.2) is 18.2 Å². The van der Waals surface area contributed by atoms with E-state index >= 15 is 0 Å². The number of hydrogen-bond acceptors (Lipinski definition) is 2. The van der Waals surface area contributed by atoms with E-state index in [1.54, 1.807) is 0 Å². The minimum absolute atomic E-state index is 0.185. The van der Waals surface area contributed by atoms with E-state index in [9.17, 15) is 4.39 Å². The van der Waals surface area contributed by atoms with Crippen molar-refractivity contribution in [2.75, 3.05) is 6.54 Å². The first-order chi connectivity index (χ1) is 9.65. The lowest BCUT2D eigenvalue weighted by molar-refractivity contribution is 0.104. The molecule has 1 heterocycles. The molecular weight excluding hydrogens is 271 g/mol. The number of rotatable bonds is 3. The first-order valence-electron chi connectivity index (χ1n) is 7.47. The zero-order chi connectivity index (χ0) is 14.1. The Kier molecular flexibility index (Phi) is 4.03. The molecule has 1 aromatic rings. The molecule has 0 spiro atoms. The third kappa shape index (κ3) is 2.72. The molecule has 108 valence electrons. The van der Waals surface area contributed by atoms with E-state index in [1.807, 2.05) is 12.1 Å². The van der Waals surface area contributed by atoms with Crippen molar-refractivity contribution < 1.29 is 4.39 Å². The summed E-state index contributed by atoms with van der Waals surface area (Å²) in [4.78, 5) is 2.73. The lowest BCUT2D eigenvalue weighted by atomic mass is 9.91. The molecule has 1 aromatic carbocycles. The molecule has 2 fully saturated rings. The highest BCUT2D eigenvalue weighted by Crippen LogP contribution is 2.37. The number of thiocarbonyl (C=S) groups is 1. The fourth-order valence-electron chi connectivity index (χ4n) is 3.80. The van der Waals surface area contributed by atoms with E-state index in [-0.39, 0.29) is 10.8 Å². The van der Waals surface area contributed by atoms with E-state index in [4.69, 9.17) is 18.0 Å². The summed E-state index contributed by atoms with van der Waals surface area (Å²) >= 11 is 4.89. The predicted octanol–water partition coefficient (Wildman–Crippen LogP) is 3.22. The summed E-state index contributed by atoms with van der Waals surface area (Å²) in [6.45, 7) is 1.81. The van der Waals surface area contributed by atoms with Gasteiger partial charge >= 0.3 is 0 Å². The largest absolute Gasteiger partial charge is 0.389 e. The van der Waals surface area contributed by atoms with Gasteiger partial charge in [0.2, 0.25) is 0 Å². The summed E-state index contributed by atoms with van der Waals surface area (Å²) in [6, 6.07) is 5.80. The van der Waals surface area contributed by atoms with Crippen LogP contribution >= 0.6 is 12.2 Å². The van der Waals surface area contributed by atoms with Crippen molar-refractivity contribution in [3.05, 3.63) is 35.1 Å². The number of hydrogen-bond donors (Lipinski definition) is 1. The molecule has 2 atom stereocenters. The summed E-state index contributed by atoms with van der Waals surface area (Å²) < 4.78 is 14.2. The average molecular weight is 292 g/mol. The van der Waals surface area contributed by atoms with Crippen molar-refractivity contribution in [2.24, 2.45) is 11.7 Å². The number of fused-ring (bicyclic) bond motifs is 1. The molecule has 0 bridgehead atoms. The summed E-state index contributed by atoms with van der Waals surface area (Å²) in [5.41, 5.74) is 6.91. The second-order valence-electron chi connectivity index (χ2n) is 6.04. The molecule has 4 heteroatoms. The van der Waals surface area contributed by atoms with Crippen molar-refractivity contribution in [1.82, 2.24) is 4.90 Å². The van der Waals surface area contributed by atoms with Crippen molar-refractivity contribution >= 4 is 17.2 Å². The minimum Gasteiger partial charge on any atom is -0.389 e. The van der Waals surface area contributed by atoms with E-state index in [0.29, 0.717) is 18.2 Å². The molecule has 2 nitrogen and oxygen atoms in total. The van der Waals surface area contributed by atoms with Gasteiger partial charge in [0.25, 0.3) is 0 Å². The quantitative estimate of drug-likeness (QED) is 0.867. The van der Waals surface area contributed by atoms with Crippen LogP contribution in [0.1, 0.15) is 43.2 Å². The first kappa shape index (κ1) is 14.0. The summed E-state index contributed by atoms with van der Waals surface area (Å²) in [6.07, 6.45) is 6.55. The lowest BCUT2D eigenvalue weighted by Crippen LogP contribution is -2.42. The first-order valence-corrected chi connectivity index (χ1v) is 7.88. The molecule has 3 rings (SSSR count). The Morgan fingerprint density at radius 2 is 2.10 bits per heavy atom. The maximum absolute atomic E-state index is 14.2. The van der Waals surface area contributed by atoms with Gasteiger partial charge in [-0.1, -0.05) is 30.8 Å².